The van der Waals surface area contributed by atoms with Gasteiger partial charge in [-0.15, -0.1) is 22.7 Å². The molecule has 3 rings (SSSR count). The molecule has 1 amide bonds. The van der Waals surface area contributed by atoms with Crippen LogP contribution in [0, 0.1) is 0 Å². The number of carbonyl (C=O) groups is 1. The average molecular weight is 340 g/mol. The van der Waals surface area contributed by atoms with Gasteiger partial charge in [0.15, 0.2) is 10.0 Å². The molecule has 0 atom stereocenters. The molecule has 0 aromatic carbocycles. The standard InChI is InChI=1S/C13H16N4O3S2/c18-10(17-19)5-14-7-20-6-9-11(8-1-2-8)22-13(16-9)12-15-3-4-21-12/h3-4,8,14,19H,1-2,5-7H2,(H,17,18). The van der Waals surface area contributed by atoms with Gasteiger partial charge in [-0.25, -0.2) is 15.4 Å². The van der Waals surface area contributed by atoms with Crippen molar-refractivity contribution in [1.29, 1.82) is 0 Å². The summed E-state index contributed by atoms with van der Waals surface area (Å²) >= 11 is 3.28. The summed E-state index contributed by atoms with van der Waals surface area (Å²) in [5.74, 6) is 0.111. The third-order valence-corrected chi connectivity index (χ3v) is 5.32. The minimum Gasteiger partial charge on any atom is -0.360 e. The summed E-state index contributed by atoms with van der Waals surface area (Å²) in [4.78, 5) is 21.1. The van der Waals surface area contributed by atoms with Gasteiger partial charge in [-0.2, -0.15) is 0 Å². The van der Waals surface area contributed by atoms with Crippen molar-refractivity contribution in [1.82, 2.24) is 20.8 Å². The Balaban J connectivity index is 1.57. The van der Waals surface area contributed by atoms with Crippen LogP contribution in [0.4, 0.5) is 0 Å². The second-order valence-electron chi connectivity index (χ2n) is 4.90. The molecule has 2 heterocycles. The monoisotopic (exact) mass is 340 g/mol. The lowest BCUT2D eigenvalue weighted by atomic mass is 10.3. The van der Waals surface area contributed by atoms with Crippen LogP contribution in [0.15, 0.2) is 11.6 Å². The van der Waals surface area contributed by atoms with Crippen LogP contribution >= 0.6 is 22.7 Å². The average Bonchev–Trinajstić information content (AvgIpc) is 3.06. The molecule has 3 N–H and O–H groups in total. The summed E-state index contributed by atoms with van der Waals surface area (Å²) in [6.07, 6.45) is 4.20. The van der Waals surface area contributed by atoms with E-state index in [1.807, 2.05) is 5.38 Å². The van der Waals surface area contributed by atoms with E-state index in [0.717, 1.165) is 15.7 Å². The molecular weight excluding hydrogens is 324 g/mol. The predicted octanol–water partition coefficient (Wildman–Crippen LogP) is 1.71. The zero-order valence-corrected chi connectivity index (χ0v) is 13.4. The highest BCUT2D eigenvalue weighted by atomic mass is 32.1. The normalized spacial score (nSPS) is 14.2. The maximum atomic E-state index is 10.8. The molecule has 0 saturated heterocycles. The quantitative estimate of drug-likeness (QED) is 0.293. The van der Waals surface area contributed by atoms with Gasteiger partial charge in [0.05, 0.1) is 25.6 Å². The van der Waals surface area contributed by atoms with Crippen molar-refractivity contribution >= 4 is 28.6 Å². The Morgan fingerprint density at radius 1 is 1.45 bits per heavy atom. The molecule has 22 heavy (non-hydrogen) atoms. The number of ether oxygens (including phenoxy) is 1. The Morgan fingerprint density at radius 3 is 3.00 bits per heavy atom. The maximum absolute atomic E-state index is 10.8. The molecule has 2 aromatic rings. The number of hydroxylamine groups is 1. The number of rotatable bonds is 8. The van der Waals surface area contributed by atoms with Crippen molar-refractivity contribution < 1.29 is 14.7 Å². The van der Waals surface area contributed by atoms with Crippen molar-refractivity contribution in [2.75, 3.05) is 13.3 Å². The van der Waals surface area contributed by atoms with Gasteiger partial charge in [-0.1, -0.05) is 0 Å². The Labute approximate surface area is 135 Å². The molecular formula is C13H16N4O3S2. The van der Waals surface area contributed by atoms with E-state index in [-0.39, 0.29) is 13.3 Å². The zero-order chi connectivity index (χ0) is 15.4. The van der Waals surface area contributed by atoms with Crippen molar-refractivity contribution in [3.8, 4) is 10.0 Å². The van der Waals surface area contributed by atoms with Crippen molar-refractivity contribution in [3.05, 3.63) is 22.1 Å². The molecule has 9 heteroatoms. The fourth-order valence-electron chi connectivity index (χ4n) is 1.98. The van der Waals surface area contributed by atoms with Gasteiger partial charge in [-0.05, 0) is 18.8 Å². The lowest BCUT2D eigenvalue weighted by Gasteiger charge is -2.05. The van der Waals surface area contributed by atoms with Crippen LogP contribution in [0.2, 0.25) is 0 Å². The summed E-state index contributed by atoms with van der Waals surface area (Å²) in [7, 11) is 0. The van der Waals surface area contributed by atoms with E-state index < -0.39 is 5.91 Å². The van der Waals surface area contributed by atoms with E-state index in [0.29, 0.717) is 12.5 Å². The molecule has 1 aliphatic carbocycles. The molecule has 1 fully saturated rings. The topological polar surface area (TPSA) is 96.4 Å². The summed E-state index contributed by atoms with van der Waals surface area (Å²) < 4.78 is 5.52. The Kier molecular flexibility index (Phi) is 5.11. The highest BCUT2D eigenvalue weighted by Crippen LogP contribution is 2.46. The summed E-state index contributed by atoms with van der Waals surface area (Å²) in [5, 5.41) is 15.0. The fourth-order valence-corrected chi connectivity index (χ4v) is 3.89. The molecule has 1 aliphatic rings. The molecule has 2 aromatic heterocycles. The molecule has 0 radical (unpaired) electrons. The molecule has 0 unspecified atom stereocenters. The summed E-state index contributed by atoms with van der Waals surface area (Å²) in [6, 6.07) is 0. The predicted molar refractivity (Wildman–Crippen MR) is 82.8 cm³/mol. The van der Waals surface area contributed by atoms with Gasteiger partial charge in [0.2, 0.25) is 0 Å². The van der Waals surface area contributed by atoms with Crippen LogP contribution in [-0.4, -0.2) is 34.4 Å². The van der Waals surface area contributed by atoms with Crippen LogP contribution in [0.1, 0.15) is 29.3 Å². The first-order valence-electron chi connectivity index (χ1n) is 6.88. The van der Waals surface area contributed by atoms with E-state index in [4.69, 9.17) is 9.94 Å². The zero-order valence-electron chi connectivity index (χ0n) is 11.7. The van der Waals surface area contributed by atoms with Gasteiger partial charge >= 0.3 is 0 Å². The third kappa shape index (κ3) is 3.87. The lowest BCUT2D eigenvalue weighted by molar-refractivity contribution is -0.128. The molecule has 0 bridgehead atoms. The number of carbonyl (C=O) groups excluding carboxylic acids is 1. The van der Waals surface area contributed by atoms with Crippen LogP contribution in [0.3, 0.4) is 0 Å². The molecule has 1 saturated carbocycles. The SMILES string of the molecule is O=C(CNCOCc1nc(-c2nccs2)sc1C1CC1)NO. The number of nitrogens with one attached hydrogen (secondary N) is 2. The second kappa shape index (κ2) is 7.25. The first-order valence-corrected chi connectivity index (χ1v) is 8.58. The van der Waals surface area contributed by atoms with E-state index in [1.54, 1.807) is 34.4 Å². The van der Waals surface area contributed by atoms with Crippen molar-refractivity contribution in [2.45, 2.75) is 25.4 Å². The van der Waals surface area contributed by atoms with Gasteiger partial charge in [0, 0.05) is 16.5 Å². The van der Waals surface area contributed by atoms with Gasteiger partial charge in [0.1, 0.15) is 0 Å². The first kappa shape index (κ1) is 15.5. The molecule has 7 nitrogen and oxygen atoms in total. The maximum Gasteiger partial charge on any atom is 0.257 e. The number of thiazole rings is 2. The van der Waals surface area contributed by atoms with Gasteiger partial charge in [-0.3, -0.25) is 15.3 Å². The van der Waals surface area contributed by atoms with E-state index in [2.05, 4.69) is 15.3 Å². The highest BCUT2D eigenvalue weighted by Gasteiger charge is 2.30. The number of hydrogen-bond donors (Lipinski definition) is 3. The Morgan fingerprint density at radius 2 is 2.32 bits per heavy atom. The number of amides is 1. The number of nitrogens with zero attached hydrogens (tertiary/aromatic N) is 2. The van der Waals surface area contributed by atoms with Crippen LogP contribution in [0.5, 0.6) is 0 Å². The van der Waals surface area contributed by atoms with E-state index in [1.165, 1.54) is 17.7 Å². The summed E-state index contributed by atoms with van der Waals surface area (Å²) in [5.41, 5.74) is 2.52. The summed E-state index contributed by atoms with van der Waals surface area (Å²) in [6.45, 7) is 0.635. The first-order chi connectivity index (χ1) is 10.8. The van der Waals surface area contributed by atoms with Crippen LogP contribution in [-0.2, 0) is 16.1 Å². The molecule has 118 valence electrons. The van der Waals surface area contributed by atoms with Crippen molar-refractivity contribution in [2.24, 2.45) is 0 Å². The van der Waals surface area contributed by atoms with Crippen LogP contribution in [0.25, 0.3) is 10.0 Å². The second-order valence-corrected chi connectivity index (χ2v) is 6.82. The fraction of sp³-hybridized carbons (Fsp3) is 0.462. The minimum absolute atomic E-state index is 0.00735. The van der Waals surface area contributed by atoms with Crippen LogP contribution < -0.4 is 10.8 Å². The lowest BCUT2D eigenvalue weighted by Crippen LogP contribution is -2.32. The Bertz CT molecular complexity index is 625. The van der Waals surface area contributed by atoms with Gasteiger partial charge in [0.25, 0.3) is 5.91 Å². The largest absolute Gasteiger partial charge is 0.360 e. The molecule has 0 spiro atoms. The van der Waals surface area contributed by atoms with Gasteiger partial charge < -0.3 is 4.74 Å². The van der Waals surface area contributed by atoms with Crippen molar-refractivity contribution in [3.63, 3.8) is 0 Å². The third-order valence-electron chi connectivity index (χ3n) is 3.14. The highest BCUT2D eigenvalue weighted by molar-refractivity contribution is 7.20. The minimum atomic E-state index is -0.498. The smallest absolute Gasteiger partial charge is 0.257 e. The van der Waals surface area contributed by atoms with E-state index in [9.17, 15) is 4.79 Å². The number of aromatic nitrogens is 2. The number of hydrogen-bond acceptors (Lipinski definition) is 8. The van der Waals surface area contributed by atoms with E-state index >= 15 is 0 Å². The Hall–Kier alpha value is -1.39. The molecule has 0 aliphatic heterocycles.